The Kier molecular flexibility index (Phi) is 8.23. The monoisotopic (exact) mass is 556 g/mol. The summed E-state index contributed by atoms with van der Waals surface area (Å²) < 4.78 is 6.26. The number of aromatic amines is 1. The van der Waals surface area contributed by atoms with Gasteiger partial charge < -0.3 is 26.1 Å². The Morgan fingerprint density at radius 2 is 2.05 bits per heavy atom. The van der Waals surface area contributed by atoms with E-state index in [4.69, 9.17) is 10.5 Å². The van der Waals surface area contributed by atoms with Crippen molar-refractivity contribution in [1.29, 1.82) is 0 Å². The van der Waals surface area contributed by atoms with Gasteiger partial charge in [-0.25, -0.2) is 9.78 Å². The molecule has 212 valence electrons. The van der Waals surface area contributed by atoms with E-state index in [0.29, 0.717) is 29.4 Å². The number of hydrogen-bond acceptors (Lipinski definition) is 9. The summed E-state index contributed by atoms with van der Waals surface area (Å²) in [6, 6.07) is 10.9. The molecular weight excluding hydrogens is 524 g/mol. The summed E-state index contributed by atoms with van der Waals surface area (Å²) in [6.07, 6.45) is 7.66. The maximum atomic E-state index is 13.1. The van der Waals surface area contributed by atoms with Crippen molar-refractivity contribution in [1.82, 2.24) is 35.5 Å². The SMILES string of the molecule is COC(=O)Nc1ccc2c(c1)NCCCCC[C@H](NC(=O)/C=C/c1cc(C)ccc1-n1cnnn1)c1nc(N)c-2[nH]1. The number of carbonyl (C=O) groups is 2. The number of hydrogen-bond donors (Lipinski definition) is 5. The minimum absolute atomic E-state index is 0.261. The summed E-state index contributed by atoms with van der Waals surface area (Å²) in [5.74, 6) is 0.632. The van der Waals surface area contributed by atoms with Crippen molar-refractivity contribution in [3.63, 3.8) is 0 Å². The Labute approximate surface area is 236 Å². The van der Waals surface area contributed by atoms with Gasteiger partial charge >= 0.3 is 6.09 Å². The average Bonchev–Trinajstić information content (AvgIpc) is 3.63. The number of nitrogens with one attached hydrogen (secondary N) is 4. The van der Waals surface area contributed by atoms with Crippen molar-refractivity contribution in [2.24, 2.45) is 0 Å². The summed E-state index contributed by atoms with van der Waals surface area (Å²) in [7, 11) is 1.32. The lowest BCUT2D eigenvalue weighted by atomic mass is 10.1. The standard InChI is InChI=1S/C28H32N10O3/c1-17-7-11-23(38-16-31-36-37-38)18(14-17)8-12-24(39)33-21-6-4-3-5-13-30-22-15-19(32-28(40)41-2)9-10-20(22)25-26(29)35-27(21)34-25/h7-12,14-16,21,30H,3-6,13,29H2,1-2H3,(H,32,40)(H,33,39)(H,34,35)/b12-8+/t21-/m0/s1. The van der Waals surface area contributed by atoms with Gasteiger partial charge in [0.2, 0.25) is 5.91 Å². The fraction of sp³-hybridized carbons (Fsp3) is 0.286. The molecule has 2 bridgehead atoms. The van der Waals surface area contributed by atoms with Crippen molar-refractivity contribution in [2.45, 2.75) is 38.6 Å². The number of rotatable bonds is 5. The highest BCUT2D eigenvalue weighted by atomic mass is 16.5. The largest absolute Gasteiger partial charge is 0.453 e. The molecule has 0 unspecified atom stereocenters. The summed E-state index contributed by atoms with van der Waals surface area (Å²) in [5, 5.41) is 20.6. The van der Waals surface area contributed by atoms with Crippen molar-refractivity contribution >= 4 is 35.3 Å². The molecule has 6 N–H and O–H groups in total. The number of ether oxygens (including phenoxy) is 1. The molecule has 0 saturated heterocycles. The van der Waals surface area contributed by atoms with Crippen molar-refractivity contribution in [2.75, 3.05) is 30.0 Å². The van der Waals surface area contributed by atoms with Crippen LogP contribution in [-0.4, -0.2) is 55.8 Å². The quantitative estimate of drug-likeness (QED) is 0.227. The van der Waals surface area contributed by atoms with E-state index in [2.05, 4.69) is 41.4 Å². The van der Waals surface area contributed by atoms with Crippen LogP contribution in [0, 0.1) is 6.92 Å². The number of carbonyl (C=O) groups excluding carboxylic acids is 2. The molecule has 2 amide bonds. The van der Waals surface area contributed by atoms with E-state index in [-0.39, 0.29) is 11.9 Å². The topological polar surface area (TPSA) is 178 Å². The molecule has 0 spiro atoms. The lowest BCUT2D eigenvalue weighted by molar-refractivity contribution is -0.117. The van der Waals surface area contributed by atoms with E-state index >= 15 is 0 Å². The van der Waals surface area contributed by atoms with Crippen molar-refractivity contribution in [3.8, 4) is 16.9 Å². The molecule has 1 atom stereocenters. The number of nitrogens with two attached hydrogens (primary N) is 1. The summed E-state index contributed by atoms with van der Waals surface area (Å²) in [4.78, 5) is 32.8. The van der Waals surface area contributed by atoms with Gasteiger partial charge in [0.15, 0.2) is 0 Å². The zero-order valence-electron chi connectivity index (χ0n) is 22.8. The number of amides is 2. The Bertz CT molecular complexity index is 1560. The highest BCUT2D eigenvalue weighted by Crippen LogP contribution is 2.35. The summed E-state index contributed by atoms with van der Waals surface area (Å²) in [6.45, 7) is 2.71. The fourth-order valence-corrected chi connectivity index (χ4v) is 4.75. The van der Waals surface area contributed by atoms with E-state index in [1.807, 2.05) is 37.3 Å². The average molecular weight is 557 g/mol. The van der Waals surface area contributed by atoms with Gasteiger partial charge in [-0.05, 0) is 66.6 Å². The number of fused-ring (bicyclic) bond motifs is 4. The summed E-state index contributed by atoms with van der Waals surface area (Å²) >= 11 is 0. The van der Waals surface area contributed by atoms with Gasteiger partial charge in [-0.3, -0.25) is 10.1 Å². The molecule has 13 nitrogen and oxygen atoms in total. The zero-order chi connectivity index (χ0) is 28.8. The van der Waals surface area contributed by atoms with Gasteiger partial charge in [-0.2, -0.15) is 4.68 Å². The lowest BCUT2D eigenvalue weighted by Gasteiger charge is -2.18. The fourth-order valence-electron chi connectivity index (χ4n) is 4.75. The highest BCUT2D eigenvalue weighted by molar-refractivity contribution is 5.93. The van der Waals surface area contributed by atoms with E-state index in [1.54, 1.807) is 16.8 Å². The third kappa shape index (κ3) is 6.52. The van der Waals surface area contributed by atoms with Crippen LogP contribution < -0.4 is 21.7 Å². The third-order valence-corrected chi connectivity index (χ3v) is 6.80. The molecule has 13 heteroatoms. The van der Waals surface area contributed by atoms with Gasteiger partial charge in [0.25, 0.3) is 0 Å². The first-order chi connectivity index (χ1) is 19.9. The number of imidazole rings is 1. The molecule has 1 aliphatic heterocycles. The van der Waals surface area contributed by atoms with E-state index in [1.165, 1.54) is 19.5 Å². The number of aromatic nitrogens is 6. The number of anilines is 3. The first-order valence-electron chi connectivity index (χ1n) is 13.3. The molecular formula is C28H32N10O3. The molecule has 1 aliphatic rings. The normalized spacial score (nSPS) is 15.2. The molecule has 0 saturated carbocycles. The zero-order valence-corrected chi connectivity index (χ0v) is 22.8. The van der Waals surface area contributed by atoms with Crippen LogP contribution in [0.5, 0.6) is 0 Å². The second-order valence-electron chi connectivity index (χ2n) is 9.75. The lowest BCUT2D eigenvalue weighted by Crippen LogP contribution is -2.28. The summed E-state index contributed by atoms with van der Waals surface area (Å²) in [5.41, 5.74) is 11.8. The Hall–Kier alpha value is -5.20. The number of nitrogen functional groups attached to an aromatic ring is 1. The van der Waals surface area contributed by atoms with Crippen LogP contribution in [0.3, 0.4) is 0 Å². The van der Waals surface area contributed by atoms with Crippen molar-refractivity contribution < 1.29 is 14.3 Å². The first kappa shape index (κ1) is 27.4. The molecule has 41 heavy (non-hydrogen) atoms. The third-order valence-electron chi connectivity index (χ3n) is 6.80. The minimum atomic E-state index is -0.553. The predicted molar refractivity (Wildman–Crippen MR) is 155 cm³/mol. The van der Waals surface area contributed by atoms with Gasteiger partial charge in [-0.15, -0.1) is 5.10 Å². The molecule has 0 aliphatic carbocycles. The van der Waals surface area contributed by atoms with E-state index in [9.17, 15) is 9.59 Å². The van der Waals surface area contributed by atoms with Crippen LogP contribution in [0.2, 0.25) is 0 Å². The molecule has 2 aromatic heterocycles. The second-order valence-corrected chi connectivity index (χ2v) is 9.75. The van der Waals surface area contributed by atoms with Crippen molar-refractivity contribution in [3.05, 3.63) is 65.8 Å². The maximum Gasteiger partial charge on any atom is 0.411 e. The van der Waals surface area contributed by atoms with Crippen LogP contribution in [0.25, 0.3) is 23.0 Å². The smallest absolute Gasteiger partial charge is 0.411 e. The number of tetrazole rings is 1. The van der Waals surface area contributed by atoms with Crippen LogP contribution >= 0.6 is 0 Å². The molecule has 0 radical (unpaired) electrons. The van der Waals surface area contributed by atoms with Crippen LogP contribution in [0.4, 0.5) is 22.0 Å². The van der Waals surface area contributed by atoms with E-state index in [0.717, 1.165) is 53.9 Å². The van der Waals surface area contributed by atoms with Crippen LogP contribution in [0.1, 0.15) is 48.7 Å². The van der Waals surface area contributed by atoms with Gasteiger partial charge in [0.1, 0.15) is 18.0 Å². The Morgan fingerprint density at radius 3 is 2.85 bits per heavy atom. The maximum absolute atomic E-state index is 13.1. The van der Waals surface area contributed by atoms with Gasteiger partial charge in [0.05, 0.1) is 24.5 Å². The molecule has 2 aromatic carbocycles. The minimum Gasteiger partial charge on any atom is -0.453 e. The number of nitrogens with zero attached hydrogens (tertiary/aromatic N) is 5. The van der Waals surface area contributed by atoms with Gasteiger partial charge in [-0.1, -0.05) is 24.5 Å². The second kappa shape index (κ2) is 12.3. The number of H-pyrrole nitrogens is 1. The molecule has 5 rings (SSSR count). The number of methoxy groups -OCH3 is 1. The highest BCUT2D eigenvalue weighted by Gasteiger charge is 2.22. The first-order valence-corrected chi connectivity index (χ1v) is 13.3. The molecule has 0 fully saturated rings. The Morgan fingerprint density at radius 1 is 1.17 bits per heavy atom. The van der Waals surface area contributed by atoms with Crippen LogP contribution in [-0.2, 0) is 9.53 Å². The van der Waals surface area contributed by atoms with Crippen LogP contribution in [0.15, 0.2) is 48.8 Å². The molecule has 4 aromatic rings. The predicted octanol–water partition coefficient (Wildman–Crippen LogP) is 3.98. The Balaban J connectivity index is 1.39. The van der Waals surface area contributed by atoms with Gasteiger partial charge in [0, 0.05) is 35.1 Å². The molecule has 3 heterocycles. The van der Waals surface area contributed by atoms with E-state index < -0.39 is 6.09 Å². The number of benzene rings is 2. The number of aryl methyl sites for hydroxylation is 1.